The summed E-state index contributed by atoms with van der Waals surface area (Å²) < 4.78 is 34.5. The zero-order chi connectivity index (χ0) is 20.6. The summed E-state index contributed by atoms with van der Waals surface area (Å²) in [4.78, 5) is 15.9. The normalized spacial score (nSPS) is 25.7. The van der Waals surface area contributed by atoms with E-state index in [1.54, 1.807) is 12.1 Å². The average molecular weight is 422 g/mol. The lowest BCUT2D eigenvalue weighted by Gasteiger charge is -2.42. The van der Waals surface area contributed by atoms with Gasteiger partial charge < -0.3 is 9.64 Å². The minimum atomic E-state index is -3.86. The van der Waals surface area contributed by atoms with Crippen molar-refractivity contribution in [3.05, 3.63) is 29.8 Å². The van der Waals surface area contributed by atoms with Gasteiger partial charge in [0.15, 0.2) is 0 Å². The van der Waals surface area contributed by atoms with E-state index in [1.807, 2.05) is 26.0 Å². The van der Waals surface area contributed by atoms with Crippen LogP contribution in [0.3, 0.4) is 0 Å². The summed E-state index contributed by atoms with van der Waals surface area (Å²) in [6.07, 6.45) is 3.25. The predicted octanol–water partition coefficient (Wildman–Crippen LogP) is 2.17. The first-order valence-corrected chi connectivity index (χ1v) is 12.0. The summed E-state index contributed by atoms with van der Waals surface area (Å²) >= 11 is 0. The highest BCUT2D eigenvalue weighted by atomic mass is 32.2. The quantitative estimate of drug-likeness (QED) is 0.745. The van der Waals surface area contributed by atoms with E-state index < -0.39 is 15.7 Å². The van der Waals surface area contributed by atoms with Gasteiger partial charge in [-0.1, -0.05) is 24.6 Å². The second kappa shape index (κ2) is 7.98. The maximum Gasteiger partial charge on any atom is 0.311 e. The van der Waals surface area contributed by atoms with Gasteiger partial charge in [0, 0.05) is 39.4 Å². The Hall–Kier alpha value is -1.48. The number of amides is 1. The van der Waals surface area contributed by atoms with Crippen molar-refractivity contribution in [1.82, 2.24) is 9.21 Å². The number of hydrogen-bond donors (Lipinski definition) is 0. The Morgan fingerprint density at radius 3 is 2.31 bits per heavy atom. The molecule has 0 radical (unpaired) electrons. The van der Waals surface area contributed by atoms with Crippen LogP contribution in [0.15, 0.2) is 24.3 Å². The van der Waals surface area contributed by atoms with Crippen molar-refractivity contribution >= 4 is 21.8 Å². The average Bonchev–Trinajstić information content (AvgIpc) is 2.87. The van der Waals surface area contributed by atoms with E-state index in [0.29, 0.717) is 31.0 Å². The maximum absolute atomic E-state index is 13.5. The van der Waals surface area contributed by atoms with Crippen molar-refractivity contribution in [2.75, 3.05) is 43.7 Å². The predicted molar refractivity (Wildman–Crippen MR) is 112 cm³/mol. The Balaban J connectivity index is 1.55. The third kappa shape index (κ3) is 3.60. The van der Waals surface area contributed by atoms with E-state index >= 15 is 0 Å². The first-order valence-electron chi connectivity index (χ1n) is 10.6. The lowest BCUT2D eigenvalue weighted by Crippen LogP contribution is -2.57. The smallest absolute Gasteiger partial charge is 0.311 e. The second-order valence-corrected chi connectivity index (χ2v) is 10.2. The molecule has 160 valence electrons. The van der Waals surface area contributed by atoms with E-state index in [1.165, 1.54) is 4.31 Å². The zero-order valence-corrected chi connectivity index (χ0v) is 18.2. The summed E-state index contributed by atoms with van der Waals surface area (Å²) in [7, 11) is -3.86. The molecule has 1 aromatic rings. The van der Waals surface area contributed by atoms with Crippen molar-refractivity contribution in [2.45, 2.75) is 45.1 Å². The number of likely N-dealkylation sites (N-methyl/N-ethyl adjacent to an activating group) is 1. The highest BCUT2D eigenvalue weighted by molar-refractivity contribution is 7.92. The van der Waals surface area contributed by atoms with Crippen LogP contribution in [-0.4, -0.2) is 68.5 Å². The van der Waals surface area contributed by atoms with Crippen LogP contribution < -0.4 is 4.31 Å². The van der Waals surface area contributed by atoms with Gasteiger partial charge in [0.2, 0.25) is 0 Å². The molecule has 3 heterocycles. The maximum atomic E-state index is 13.5. The molecule has 3 saturated heterocycles. The molecule has 0 unspecified atom stereocenters. The van der Waals surface area contributed by atoms with Crippen molar-refractivity contribution in [2.24, 2.45) is 5.92 Å². The summed E-state index contributed by atoms with van der Waals surface area (Å²) in [5.41, 5.74) is 0.506. The van der Waals surface area contributed by atoms with E-state index in [2.05, 4.69) is 4.90 Å². The molecule has 3 fully saturated rings. The van der Waals surface area contributed by atoms with Crippen LogP contribution in [0.2, 0.25) is 0 Å². The molecule has 0 saturated carbocycles. The number of carbonyl (C=O) groups is 1. The molecule has 4 rings (SSSR count). The van der Waals surface area contributed by atoms with E-state index in [0.717, 1.165) is 55.6 Å². The van der Waals surface area contributed by atoms with Gasteiger partial charge in [-0.2, -0.15) is 17.0 Å². The van der Waals surface area contributed by atoms with Gasteiger partial charge in [0.05, 0.1) is 5.69 Å². The van der Waals surface area contributed by atoms with Crippen LogP contribution >= 0.6 is 0 Å². The van der Waals surface area contributed by atoms with Crippen molar-refractivity contribution in [3.63, 3.8) is 0 Å². The summed E-state index contributed by atoms with van der Waals surface area (Å²) in [6.45, 7) is 8.22. The number of piperidine rings is 1. The summed E-state index contributed by atoms with van der Waals surface area (Å²) in [6, 6.07) is 7.13. The number of carbonyl (C=O) groups excluding carboxylic acids is 1. The van der Waals surface area contributed by atoms with E-state index in [4.69, 9.17) is 4.74 Å². The third-order valence-electron chi connectivity index (χ3n) is 6.67. The SMILES string of the molecule is CCN1C2(CCN(CC3CCOCC3)CC2)C(=O)N(c2ccc(C)cc2)S1(=O)=O. The number of anilines is 1. The number of rotatable bonds is 4. The molecule has 3 aliphatic heterocycles. The third-order valence-corrected chi connectivity index (χ3v) is 8.67. The van der Waals surface area contributed by atoms with Gasteiger partial charge in [-0.3, -0.25) is 4.79 Å². The lowest BCUT2D eigenvalue weighted by atomic mass is 9.85. The Labute approximate surface area is 173 Å². The Morgan fingerprint density at radius 1 is 1.10 bits per heavy atom. The topological polar surface area (TPSA) is 70.2 Å². The Bertz CT molecular complexity index is 841. The highest BCUT2D eigenvalue weighted by Crippen LogP contribution is 2.42. The Kier molecular flexibility index (Phi) is 5.72. The van der Waals surface area contributed by atoms with Crippen molar-refractivity contribution in [1.29, 1.82) is 0 Å². The minimum absolute atomic E-state index is 0.297. The standard InChI is InChI=1S/C21H31N3O4S/c1-3-23-21(10-12-22(13-11-21)16-18-8-14-28-15-9-18)20(25)24(29(23,26)27)19-6-4-17(2)5-7-19/h4-7,18H,3,8-16H2,1-2H3. The van der Waals surface area contributed by atoms with Crippen LogP contribution in [0, 0.1) is 12.8 Å². The molecule has 7 nitrogen and oxygen atoms in total. The molecule has 1 aromatic carbocycles. The fraction of sp³-hybridized carbons (Fsp3) is 0.667. The molecule has 0 N–H and O–H groups in total. The van der Waals surface area contributed by atoms with Crippen molar-refractivity contribution < 1.29 is 17.9 Å². The molecular weight excluding hydrogens is 390 g/mol. The van der Waals surface area contributed by atoms with Gasteiger partial charge in [-0.05, 0) is 50.7 Å². The van der Waals surface area contributed by atoms with Crippen LogP contribution in [0.1, 0.15) is 38.2 Å². The van der Waals surface area contributed by atoms with Gasteiger partial charge >= 0.3 is 10.2 Å². The monoisotopic (exact) mass is 421 g/mol. The highest BCUT2D eigenvalue weighted by Gasteiger charge is 2.61. The minimum Gasteiger partial charge on any atom is -0.381 e. The first-order chi connectivity index (χ1) is 13.9. The fourth-order valence-corrected chi connectivity index (χ4v) is 6.97. The fourth-order valence-electron chi connectivity index (χ4n) is 4.98. The van der Waals surface area contributed by atoms with Crippen LogP contribution in [0.4, 0.5) is 5.69 Å². The second-order valence-electron chi connectivity index (χ2n) is 8.47. The van der Waals surface area contributed by atoms with Gasteiger partial charge in [-0.25, -0.2) is 0 Å². The molecule has 29 heavy (non-hydrogen) atoms. The zero-order valence-electron chi connectivity index (χ0n) is 17.3. The first kappa shape index (κ1) is 20.8. The largest absolute Gasteiger partial charge is 0.381 e. The van der Waals surface area contributed by atoms with E-state index in [9.17, 15) is 13.2 Å². The van der Waals surface area contributed by atoms with Gasteiger partial charge in [-0.15, -0.1) is 0 Å². The molecule has 0 aliphatic carbocycles. The van der Waals surface area contributed by atoms with Gasteiger partial charge in [0.1, 0.15) is 5.54 Å². The molecule has 0 bridgehead atoms. The van der Waals surface area contributed by atoms with Crippen LogP contribution in [-0.2, 0) is 19.7 Å². The molecule has 3 aliphatic rings. The molecule has 1 amide bonds. The van der Waals surface area contributed by atoms with Crippen LogP contribution in [0.5, 0.6) is 0 Å². The van der Waals surface area contributed by atoms with Gasteiger partial charge in [0.25, 0.3) is 5.91 Å². The Morgan fingerprint density at radius 2 is 1.72 bits per heavy atom. The number of aryl methyl sites for hydroxylation is 1. The summed E-state index contributed by atoms with van der Waals surface area (Å²) in [5, 5.41) is 0. The number of likely N-dealkylation sites (tertiary alicyclic amines) is 1. The molecule has 0 atom stereocenters. The molecule has 8 heteroatoms. The number of ether oxygens (including phenoxy) is 1. The molecular formula is C21H31N3O4S. The number of nitrogens with zero attached hydrogens (tertiary/aromatic N) is 3. The lowest BCUT2D eigenvalue weighted by molar-refractivity contribution is -0.127. The number of hydrogen-bond acceptors (Lipinski definition) is 5. The molecule has 1 spiro atoms. The summed E-state index contributed by atoms with van der Waals surface area (Å²) in [5.74, 6) is 0.334. The number of benzene rings is 1. The van der Waals surface area contributed by atoms with Crippen LogP contribution in [0.25, 0.3) is 0 Å². The van der Waals surface area contributed by atoms with Crippen molar-refractivity contribution in [3.8, 4) is 0 Å². The van der Waals surface area contributed by atoms with E-state index in [-0.39, 0.29) is 5.91 Å². The molecule has 0 aromatic heterocycles.